The molecule has 1 aromatic heterocycles. The van der Waals surface area contributed by atoms with Gasteiger partial charge in [0, 0.05) is 11.3 Å². The molecule has 2 N–H and O–H groups in total. The second-order valence-corrected chi connectivity index (χ2v) is 4.85. The minimum absolute atomic E-state index is 0.200. The first-order valence-corrected chi connectivity index (χ1v) is 6.60. The Morgan fingerprint density at radius 2 is 1.95 bits per heavy atom. The van der Waals surface area contributed by atoms with Crippen LogP contribution in [0.5, 0.6) is 5.75 Å². The monoisotopic (exact) mass is 278 g/mol. The molecule has 4 heteroatoms. The molecule has 3 rings (SSSR count). The number of H-pyrrole nitrogens is 1. The number of aromatic amines is 1. The minimum Gasteiger partial charge on any atom is -0.507 e. The van der Waals surface area contributed by atoms with Gasteiger partial charge in [0.1, 0.15) is 5.75 Å². The van der Waals surface area contributed by atoms with Gasteiger partial charge in [-0.25, -0.2) is 4.79 Å². The molecule has 0 aliphatic carbocycles. The minimum atomic E-state index is -0.378. The van der Waals surface area contributed by atoms with Crippen molar-refractivity contribution in [2.45, 2.75) is 6.92 Å². The summed E-state index contributed by atoms with van der Waals surface area (Å²) in [5.74, 6) is 0.200. The topological polar surface area (TPSA) is 66.0 Å². The summed E-state index contributed by atoms with van der Waals surface area (Å²) >= 11 is 0. The molecule has 3 aromatic rings. The molecule has 0 aliphatic rings. The van der Waals surface area contributed by atoms with Crippen molar-refractivity contribution in [2.75, 3.05) is 0 Å². The van der Waals surface area contributed by atoms with Crippen molar-refractivity contribution in [1.29, 1.82) is 0 Å². The van der Waals surface area contributed by atoms with Crippen LogP contribution in [0.15, 0.2) is 47.3 Å². The Morgan fingerprint density at radius 1 is 1.14 bits per heavy atom. The maximum Gasteiger partial charge on any atom is 0.345 e. The van der Waals surface area contributed by atoms with E-state index in [1.54, 1.807) is 31.2 Å². The molecular weight excluding hydrogens is 264 g/mol. The van der Waals surface area contributed by atoms with E-state index < -0.39 is 0 Å². The first-order chi connectivity index (χ1) is 10.1. The molecule has 1 heterocycles. The highest BCUT2D eigenvalue weighted by atomic mass is 16.3. The standard InChI is InChI=1S/C17H14N2O2/c1-11-10-13(19-17(21)18-11)7-8-15-14-5-3-2-4-12(14)6-9-16(15)20/h2-10,20H,1H3,(H,18,19,21)/b8-7+. The van der Waals surface area contributed by atoms with Gasteiger partial charge in [-0.05, 0) is 42.0 Å². The fraction of sp³-hybridized carbons (Fsp3) is 0.0588. The van der Waals surface area contributed by atoms with Crippen LogP contribution in [0.25, 0.3) is 22.9 Å². The zero-order valence-corrected chi connectivity index (χ0v) is 11.5. The van der Waals surface area contributed by atoms with Crippen LogP contribution in [0.1, 0.15) is 17.0 Å². The summed E-state index contributed by atoms with van der Waals surface area (Å²) in [4.78, 5) is 17.8. The number of aromatic nitrogens is 2. The van der Waals surface area contributed by atoms with E-state index in [0.717, 1.165) is 16.5 Å². The molecule has 0 saturated carbocycles. The lowest BCUT2D eigenvalue weighted by molar-refractivity contribution is 0.475. The van der Waals surface area contributed by atoms with Gasteiger partial charge in [0.2, 0.25) is 0 Å². The van der Waals surface area contributed by atoms with Crippen molar-refractivity contribution in [1.82, 2.24) is 9.97 Å². The molecule has 0 saturated heterocycles. The molecule has 0 atom stereocenters. The van der Waals surface area contributed by atoms with E-state index in [1.165, 1.54) is 0 Å². The molecule has 0 fully saturated rings. The number of phenols is 1. The molecule has 0 aliphatic heterocycles. The van der Waals surface area contributed by atoms with Gasteiger partial charge in [0.25, 0.3) is 0 Å². The summed E-state index contributed by atoms with van der Waals surface area (Å²) in [5.41, 5.74) is 1.64. The van der Waals surface area contributed by atoms with Crippen molar-refractivity contribution < 1.29 is 5.11 Å². The Morgan fingerprint density at radius 3 is 2.76 bits per heavy atom. The van der Waals surface area contributed by atoms with E-state index in [0.29, 0.717) is 11.3 Å². The van der Waals surface area contributed by atoms with Gasteiger partial charge in [-0.1, -0.05) is 30.3 Å². The number of hydrogen-bond donors (Lipinski definition) is 2. The molecule has 4 nitrogen and oxygen atoms in total. The number of rotatable bonds is 2. The number of aryl methyl sites for hydroxylation is 1. The summed E-state index contributed by atoms with van der Waals surface area (Å²) < 4.78 is 0. The molecule has 0 spiro atoms. The molecule has 0 bridgehead atoms. The maximum atomic E-state index is 11.4. The van der Waals surface area contributed by atoms with Gasteiger partial charge in [-0.2, -0.15) is 4.98 Å². The van der Waals surface area contributed by atoms with Gasteiger partial charge < -0.3 is 10.1 Å². The first kappa shape index (κ1) is 13.1. The predicted octanol–water partition coefficient (Wildman–Crippen LogP) is 3.11. The van der Waals surface area contributed by atoms with Crippen LogP contribution < -0.4 is 5.69 Å². The first-order valence-electron chi connectivity index (χ1n) is 6.60. The van der Waals surface area contributed by atoms with E-state index >= 15 is 0 Å². The van der Waals surface area contributed by atoms with E-state index in [-0.39, 0.29) is 11.4 Å². The summed E-state index contributed by atoms with van der Waals surface area (Å²) in [7, 11) is 0. The van der Waals surface area contributed by atoms with Gasteiger partial charge in [-0.3, -0.25) is 0 Å². The summed E-state index contributed by atoms with van der Waals surface area (Å²) in [5, 5.41) is 12.1. The zero-order valence-electron chi connectivity index (χ0n) is 11.5. The summed E-state index contributed by atoms with van der Waals surface area (Å²) in [6.45, 7) is 1.80. The molecule has 0 unspecified atom stereocenters. The van der Waals surface area contributed by atoms with E-state index in [4.69, 9.17) is 0 Å². The lowest BCUT2D eigenvalue weighted by Gasteiger charge is -2.05. The van der Waals surface area contributed by atoms with Crippen LogP contribution in [0, 0.1) is 6.92 Å². The van der Waals surface area contributed by atoms with Gasteiger partial charge in [0.05, 0.1) is 5.69 Å². The van der Waals surface area contributed by atoms with Crippen molar-refractivity contribution in [2.24, 2.45) is 0 Å². The van der Waals surface area contributed by atoms with Gasteiger partial charge in [-0.15, -0.1) is 0 Å². The van der Waals surface area contributed by atoms with Crippen molar-refractivity contribution in [3.63, 3.8) is 0 Å². The third kappa shape index (κ3) is 2.69. The van der Waals surface area contributed by atoms with E-state index in [9.17, 15) is 9.90 Å². The molecule has 2 aromatic carbocycles. The highest BCUT2D eigenvalue weighted by molar-refractivity contribution is 5.95. The third-order valence-electron chi connectivity index (χ3n) is 3.27. The van der Waals surface area contributed by atoms with Crippen LogP contribution in [-0.4, -0.2) is 15.1 Å². The molecule has 21 heavy (non-hydrogen) atoms. The van der Waals surface area contributed by atoms with Crippen LogP contribution >= 0.6 is 0 Å². The van der Waals surface area contributed by atoms with Gasteiger partial charge >= 0.3 is 5.69 Å². The Kier molecular flexibility index (Phi) is 3.28. The van der Waals surface area contributed by atoms with Crippen LogP contribution in [0.2, 0.25) is 0 Å². The van der Waals surface area contributed by atoms with Crippen LogP contribution in [0.3, 0.4) is 0 Å². The SMILES string of the molecule is Cc1cc(/C=C/c2c(O)ccc3ccccc23)nc(=O)[nH]1. The van der Waals surface area contributed by atoms with E-state index in [2.05, 4.69) is 9.97 Å². The molecular formula is C17H14N2O2. The average molecular weight is 278 g/mol. The Labute approximate surface area is 121 Å². The predicted molar refractivity (Wildman–Crippen MR) is 84.1 cm³/mol. The number of aromatic hydroxyl groups is 1. The van der Waals surface area contributed by atoms with Gasteiger partial charge in [0.15, 0.2) is 0 Å². The lowest BCUT2D eigenvalue weighted by Crippen LogP contribution is -2.11. The zero-order chi connectivity index (χ0) is 14.8. The third-order valence-corrected chi connectivity index (χ3v) is 3.27. The number of fused-ring (bicyclic) bond motifs is 1. The molecule has 0 amide bonds. The quantitative estimate of drug-likeness (QED) is 0.757. The Bertz CT molecular complexity index is 895. The fourth-order valence-electron chi connectivity index (χ4n) is 2.32. The fourth-order valence-corrected chi connectivity index (χ4v) is 2.32. The number of nitrogens with one attached hydrogen (secondary N) is 1. The van der Waals surface area contributed by atoms with Crippen molar-refractivity contribution in [3.8, 4) is 5.75 Å². The van der Waals surface area contributed by atoms with Crippen molar-refractivity contribution in [3.05, 3.63) is 69.9 Å². The smallest absolute Gasteiger partial charge is 0.345 e. The van der Waals surface area contributed by atoms with Crippen LogP contribution in [0.4, 0.5) is 0 Å². The number of phenolic OH excluding ortho intramolecular Hbond substituents is 1. The lowest BCUT2D eigenvalue weighted by atomic mass is 10.0. The van der Waals surface area contributed by atoms with E-state index in [1.807, 2.05) is 30.3 Å². The summed E-state index contributed by atoms with van der Waals surface area (Å²) in [6.07, 6.45) is 3.50. The van der Waals surface area contributed by atoms with Crippen molar-refractivity contribution >= 4 is 22.9 Å². The largest absolute Gasteiger partial charge is 0.507 e. The number of nitrogens with zero attached hydrogens (tertiary/aromatic N) is 1. The molecule has 104 valence electrons. The maximum absolute atomic E-state index is 11.4. The number of benzene rings is 2. The number of hydrogen-bond acceptors (Lipinski definition) is 3. The highest BCUT2D eigenvalue weighted by Crippen LogP contribution is 2.28. The second-order valence-electron chi connectivity index (χ2n) is 4.85. The summed E-state index contributed by atoms with van der Waals surface area (Å²) in [6, 6.07) is 13.1. The highest BCUT2D eigenvalue weighted by Gasteiger charge is 2.03. The van der Waals surface area contributed by atoms with Crippen LogP contribution in [-0.2, 0) is 0 Å². The Hall–Kier alpha value is -2.88. The normalized spacial score (nSPS) is 11.3. The second kappa shape index (κ2) is 5.25. The Balaban J connectivity index is 2.11. The molecule has 0 radical (unpaired) electrons. The average Bonchev–Trinajstić information content (AvgIpc) is 2.45.